The SMILES string of the molecule is Cc1nc2cc(-c3cnc(C4(C#N)CC4)[nH]3)ccc2o1. The van der Waals surface area contributed by atoms with Gasteiger partial charge in [0.05, 0.1) is 18.0 Å². The summed E-state index contributed by atoms with van der Waals surface area (Å²) in [5.74, 6) is 1.43. The number of aromatic nitrogens is 3. The minimum atomic E-state index is -0.382. The van der Waals surface area contributed by atoms with Gasteiger partial charge in [0.15, 0.2) is 11.5 Å². The predicted octanol–water partition coefficient (Wildman–Crippen LogP) is 3.08. The van der Waals surface area contributed by atoms with Crippen LogP contribution in [0.4, 0.5) is 0 Å². The summed E-state index contributed by atoms with van der Waals surface area (Å²) in [6.07, 6.45) is 3.55. The number of rotatable bonds is 2. The average Bonchev–Trinajstić information content (AvgIpc) is 2.93. The smallest absolute Gasteiger partial charge is 0.192 e. The maximum absolute atomic E-state index is 9.20. The van der Waals surface area contributed by atoms with Gasteiger partial charge in [0, 0.05) is 12.5 Å². The van der Waals surface area contributed by atoms with Crippen molar-refractivity contribution in [3.63, 3.8) is 0 Å². The Bertz CT molecular complexity index is 848. The van der Waals surface area contributed by atoms with Crippen LogP contribution in [0, 0.1) is 18.3 Å². The average molecular weight is 264 g/mol. The molecule has 98 valence electrons. The Morgan fingerprint density at radius 3 is 3.00 bits per heavy atom. The van der Waals surface area contributed by atoms with E-state index < -0.39 is 0 Å². The summed E-state index contributed by atoms with van der Waals surface area (Å²) in [6, 6.07) is 8.19. The quantitative estimate of drug-likeness (QED) is 0.771. The summed E-state index contributed by atoms with van der Waals surface area (Å²) in [4.78, 5) is 12.0. The molecular weight excluding hydrogens is 252 g/mol. The maximum Gasteiger partial charge on any atom is 0.192 e. The highest BCUT2D eigenvalue weighted by Crippen LogP contribution is 2.46. The number of nitrogens with zero attached hydrogens (tertiary/aromatic N) is 3. The summed E-state index contributed by atoms with van der Waals surface area (Å²) < 4.78 is 5.47. The molecule has 0 bridgehead atoms. The van der Waals surface area contributed by atoms with Crippen molar-refractivity contribution < 1.29 is 4.42 Å². The van der Waals surface area contributed by atoms with Gasteiger partial charge in [-0.2, -0.15) is 5.26 Å². The first kappa shape index (κ1) is 11.2. The minimum Gasteiger partial charge on any atom is -0.441 e. The van der Waals surface area contributed by atoms with Crippen molar-refractivity contribution in [1.29, 1.82) is 5.26 Å². The summed E-state index contributed by atoms with van der Waals surface area (Å²) in [5, 5.41) is 9.20. The van der Waals surface area contributed by atoms with Crippen molar-refractivity contribution >= 4 is 11.1 Å². The molecule has 0 spiro atoms. The van der Waals surface area contributed by atoms with Crippen molar-refractivity contribution in [3.8, 4) is 17.3 Å². The third-order valence-corrected chi connectivity index (χ3v) is 3.80. The standard InChI is InChI=1S/C15H12N4O/c1-9-18-11-6-10(2-3-13(11)20-9)12-7-17-14(19-12)15(8-16)4-5-15/h2-3,6-7H,4-5H2,1H3,(H,17,19). The van der Waals surface area contributed by atoms with E-state index in [1.54, 1.807) is 6.20 Å². The van der Waals surface area contributed by atoms with Crippen LogP contribution in [-0.4, -0.2) is 15.0 Å². The second kappa shape index (κ2) is 3.70. The molecule has 1 aliphatic rings. The molecular formula is C15H12N4O. The number of fused-ring (bicyclic) bond motifs is 1. The van der Waals surface area contributed by atoms with E-state index >= 15 is 0 Å². The molecule has 1 saturated carbocycles. The number of imidazole rings is 1. The Kier molecular flexibility index (Phi) is 2.08. The molecule has 3 aromatic rings. The molecule has 1 aromatic carbocycles. The lowest BCUT2D eigenvalue weighted by Crippen LogP contribution is -2.04. The van der Waals surface area contributed by atoms with E-state index in [0.717, 1.165) is 41.0 Å². The van der Waals surface area contributed by atoms with Crippen molar-refractivity contribution in [2.45, 2.75) is 25.2 Å². The van der Waals surface area contributed by atoms with Crippen molar-refractivity contribution in [1.82, 2.24) is 15.0 Å². The molecule has 1 N–H and O–H groups in total. The van der Waals surface area contributed by atoms with Crippen LogP contribution < -0.4 is 0 Å². The van der Waals surface area contributed by atoms with Gasteiger partial charge in [0.25, 0.3) is 0 Å². The maximum atomic E-state index is 9.20. The summed E-state index contributed by atoms with van der Waals surface area (Å²) >= 11 is 0. The van der Waals surface area contributed by atoms with Gasteiger partial charge in [-0.05, 0) is 31.0 Å². The van der Waals surface area contributed by atoms with Crippen molar-refractivity contribution in [2.24, 2.45) is 0 Å². The Balaban J connectivity index is 1.77. The number of nitrogens with one attached hydrogen (secondary N) is 1. The zero-order valence-corrected chi connectivity index (χ0v) is 11.0. The van der Waals surface area contributed by atoms with Gasteiger partial charge in [0.1, 0.15) is 16.8 Å². The van der Waals surface area contributed by atoms with Crippen LogP contribution in [0.2, 0.25) is 0 Å². The van der Waals surface area contributed by atoms with E-state index in [-0.39, 0.29) is 5.41 Å². The van der Waals surface area contributed by atoms with E-state index in [1.807, 2.05) is 25.1 Å². The molecule has 0 aliphatic heterocycles. The first-order chi connectivity index (χ1) is 9.70. The highest BCUT2D eigenvalue weighted by atomic mass is 16.3. The van der Waals surface area contributed by atoms with Gasteiger partial charge < -0.3 is 9.40 Å². The van der Waals surface area contributed by atoms with Crippen LogP contribution in [0.25, 0.3) is 22.4 Å². The molecule has 0 amide bonds. The molecule has 4 rings (SSSR count). The Morgan fingerprint density at radius 1 is 1.40 bits per heavy atom. The largest absolute Gasteiger partial charge is 0.441 e. The van der Waals surface area contributed by atoms with Crippen LogP contribution in [0.3, 0.4) is 0 Å². The minimum absolute atomic E-state index is 0.382. The summed E-state index contributed by atoms with van der Waals surface area (Å²) in [7, 11) is 0. The van der Waals surface area contributed by atoms with E-state index in [4.69, 9.17) is 4.42 Å². The number of H-pyrrole nitrogens is 1. The van der Waals surface area contributed by atoms with E-state index in [0.29, 0.717) is 5.89 Å². The van der Waals surface area contributed by atoms with Gasteiger partial charge in [-0.1, -0.05) is 0 Å². The molecule has 5 heteroatoms. The number of aryl methyl sites for hydroxylation is 1. The second-order valence-corrected chi connectivity index (χ2v) is 5.25. The lowest BCUT2D eigenvalue weighted by molar-refractivity contribution is 0.561. The first-order valence-corrected chi connectivity index (χ1v) is 6.54. The molecule has 0 unspecified atom stereocenters. The van der Waals surface area contributed by atoms with Crippen molar-refractivity contribution in [3.05, 3.63) is 36.1 Å². The third-order valence-electron chi connectivity index (χ3n) is 3.80. The molecule has 1 fully saturated rings. The molecule has 1 aliphatic carbocycles. The third kappa shape index (κ3) is 1.55. The van der Waals surface area contributed by atoms with E-state index in [9.17, 15) is 5.26 Å². The lowest BCUT2D eigenvalue weighted by atomic mass is 10.1. The van der Waals surface area contributed by atoms with Gasteiger partial charge in [-0.25, -0.2) is 9.97 Å². The predicted molar refractivity (Wildman–Crippen MR) is 72.9 cm³/mol. The first-order valence-electron chi connectivity index (χ1n) is 6.54. The molecule has 0 radical (unpaired) electrons. The molecule has 0 saturated heterocycles. The summed E-state index contributed by atoms with van der Waals surface area (Å²) in [6.45, 7) is 1.83. The monoisotopic (exact) mass is 264 g/mol. The highest BCUT2D eigenvalue weighted by Gasteiger charge is 2.47. The second-order valence-electron chi connectivity index (χ2n) is 5.25. The van der Waals surface area contributed by atoms with Gasteiger partial charge in [-0.15, -0.1) is 0 Å². The van der Waals surface area contributed by atoms with Crippen LogP contribution in [0.15, 0.2) is 28.8 Å². The van der Waals surface area contributed by atoms with Gasteiger partial charge >= 0.3 is 0 Å². The number of aromatic amines is 1. The summed E-state index contributed by atoms with van der Waals surface area (Å²) in [5.41, 5.74) is 3.13. The van der Waals surface area contributed by atoms with Crippen molar-refractivity contribution in [2.75, 3.05) is 0 Å². The van der Waals surface area contributed by atoms with Crippen LogP contribution in [-0.2, 0) is 5.41 Å². The molecule has 5 nitrogen and oxygen atoms in total. The van der Waals surface area contributed by atoms with Crippen LogP contribution in [0.1, 0.15) is 24.6 Å². The zero-order chi connectivity index (χ0) is 13.7. The number of oxazole rings is 1. The fraction of sp³-hybridized carbons (Fsp3) is 0.267. The molecule has 0 atom stereocenters. The number of hydrogen-bond acceptors (Lipinski definition) is 4. The topological polar surface area (TPSA) is 78.5 Å². The fourth-order valence-electron chi connectivity index (χ4n) is 2.45. The Hall–Kier alpha value is -2.61. The number of nitriles is 1. The Labute approximate surface area is 115 Å². The normalized spacial score (nSPS) is 16.2. The van der Waals surface area contributed by atoms with Crippen LogP contribution >= 0.6 is 0 Å². The van der Waals surface area contributed by atoms with E-state index in [1.165, 1.54) is 0 Å². The van der Waals surface area contributed by atoms with Gasteiger partial charge in [0.2, 0.25) is 0 Å². The number of benzene rings is 1. The zero-order valence-electron chi connectivity index (χ0n) is 11.0. The number of hydrogen-bond donors (Lipinski definition) is 1. The fourth-order valence-corrected chi connectivity index (χ4v) is 2.45. The Morgan fingerprint density at radius 2 is 2.25 bits per heavy atom. The molecule has 20 heavy (non-hydrogen) atoms. The van der Waals surface area contributed by atoms with Crippen LogP contribution in [0.5, 0.6) is 0 Å². The lowest BCUT2D eigenvalue weighted by Gasteiger charge is -2.00. The van der Waals surface area contributed by atoms with E-state index in [2.05, 4.69) is 21.0 Å². The molecule has 2 heterocycles. The molecule has 2 aromatic heterocycles. The van der Waals surface area contributed by atoms with Gasteiger partial charge in [-0.3, -0.25) is 0 Å². The highest BCUT2D eigenvalue weighted by molar-refractivity contribution is 5.79.